The lowest BCUT2D eigenvalue weighted by molar-refractivity contribution is -0.115. The van der Waals surface area contributed by atoms with Crippen LogP contribution < -0.4 is 5.32 Å². The van der Waals surface area contributed by atoms with Crippen LogP contribution in [-0.2, 0) is 14.6 Å². The van der Waals surface area contributed by atoms with Crippen LogP contribution in [0.4, 0.5) is 6.01 Å². The number of anilines is 1. The number of aryl methyl sites for hydroxylation is 1. The summed E-state index contributed by atoms with van der Waals surface area (Å²) in [4.78, 5) is 12.1. The van der Waals surface area contributed by atoms with E-state index in [1.807, 2.05) is 31.2 Å². The Kier molecular flexibility index (Phi) is 5.57. The van der Waals surface area contributed by atoms with Crippen molar-refractivity contribution in [2.45, 2.75) is 18.2 Å². The first-order chi connectivity index (χ1) is 12.8. The molecule has 1 N–H and O–H groups in total. The number of hydrogen-bond donors (Lipinski definition) is 1. The molecule has 1 heterocycles. The van der Waals surface area contributed by atoms with Gasteiger partial charge in [-0.2, -0.15) is 0 Å². The Morgan fingerprint density at radius 3 is 2.59 bits per heavy atom. The number of aromatic nitrogens is 2. The first-order valence-electron chi connectivity index (χ1n) is 8.02. The van der Waals surface area contributed by atoms with E-state index in [9.17, 15) is 13.2 Å². The lowest BCUT2D eigenvalue weighted by atomic mass is 10.1. The van der Waals surface area contributed by atoms with Crippen molar-refractivity contribution in [1.82, 2.24) is 10.2 Å². The number of halogens is 1. The number of carbonyl (C=O) groups excluding carboxylic acids is 1. The van der Waals surface area contributed by atoms with Gasteiger partial charge < -0.3 is 4.42 Å². The van der Waals surface area contributed by atoms with Crippen LogP contribution in [0.2, 0.25) is 5.02 Å². The quantitative estimate of drug-likeness (QED) is 0.673. The fourth-order valence-electron chi connectivity index (χ4n) is 2.34. The van der Waals surface area contributed by atoms with Gasteiger partial charge in [0.15, 0.2) is 9.84 Å². The molecule has 0 radical (unpaired) electrons. The van der Waals surface area contributed by atoms with E-state index < -0.39 is 15.7 Å². The van der Waals surface area contributed by atoms with Crippen LogP contribution >= 0.6 is 11.6 Å². The van der Waals surface area contributed by atoms with Gasteiger partial charge in [0.05, 0.1) is 10.6 Å². The molecule has 3 aromatic rings. The Hall–Kier alpha value is -2.71. The highest BCUT2D eigenvalue weighted by molar-refractivity contribution is 7.91. The highest BCUT2D eigenvalue weighted by atomic mass is 35.5. The monoisotopic (exact) mass is 405 g/mol. The van der Waals surface area contributed by atoms with Crippen LogP contribution in [0.25, 0.3) is 11.5 Å². The number of rotatable bonds is 6. The molecule has 140 valence electrons. The third-order valence-corrected chi connectivity index (χ3v) is 5.69. The third kappa shape index (κ3) is 4.93. The first-order valence-corrected chi connectivity index (χ1v) is 10.1. The van der Waals surface area contributed by atoms with Gasteiger partial charge in [0.1, 0.15) is 0 Å². The van der Waals surface area contributed by atoms with E-state index in [2.05, 4.69) is 15.5 Å². The number of hydrogen-bond acceptors (Lipinski definition) is 6. The Balaban J connectivity index is 1.60. The molecule has 27 heavy (non-hydrogen) atoms. The lowest BCUT2D eigenvalue weighted by Gasteiger charge is -2.04. The minimum atomic E-state index is -3.59. The predicted molar refractivity (Wildman–Crippen MR) is 101 cm³/mol. The maximum atomic E-state index is 12.2. The maximum Gasteiger partial charge on any atom is 0.322 e. The number of carbonyl (C=O) groups is 1. The van der Waals surface area contributed by atoms with Gasteiger partial charge >= 0.3 is 6.01 Å². The molecule has 0 saturated carbocycles. The van der Waals surface area contributed by atoms with Gasteiger partial charge in [0.2, 0.25) is 11.8 Å². The standard InChI is InChI=1S/C18H16ClN3O4S/c1-12-3-2-4-13(11-12)17-21-22-18(26-17)20-16(23)9-10-27(24,25)15-7-5-14(19)6-8-15/h2-8,11H,9-10H2,1H3,(H,20,22,23). The van der Waals surface area contributed by atoms with E-state index in [1.54, 1.807) is 0 Å². The Morgan fingerprint density at radius 1 is 1.15 bits per heavy atom. The summed E-state index contributed by atoms with van der Waals surface area (Å²) in [5.74, 6) is -0.617. The van der Waals surface area contributed by atoms with Crippen molar-refractivity contribution >= 4 is 33.4 Å². The molecule has 9 heteroatoms. The van der Waals surface area contributed by atoms with Gasteiger partial charge in [-0.1, -0.05) is 34.4 Å². The molecular weight excluding hydrogens is 390 g/mol. The van der Waals surface area contributed by atoms with E-state index in [0.717, 1.165) is 11.1 Å². The van der Waals surface area contributed by atoms with Crippen molar-refractivity contribution in [2.24, 2.45) is 0 Å². The second-order valence-electron chi connectivity index (χ2n) is 5.85. The van der Waals surface area contributed by atoms with Gasteiger partial charge in [-0.3, -0.25) is 10.1 Å². The van der Waals surface area contributed by atoms with Gasteiger partial charge in [0.25, 0.3) is 0 Å². The van der Waals surface area contributed by atoms with Crippen molar-refractivity contribution in [3.8, 4) is 11.5 Å². The minimum Gasteiger partial charge on any atom is -0.403 e. The van der Waals surface area contributed by atoms with Gasteiger partial charge in [-0.05, 0) is 43.3 Å². The minimum absolute atomic E-state index is 0.0830. The molecule has 7 nitrogen and oxygen atoms in total. The smallest absolute Gasteiger partial charge is 0.322 e. The number of nitrogens with one attached hydrogen (secondary N) is 1. The van der Waals surface area contributed by atoms with Gasteiger partial charge in [-0.25, -0.2) is 8.42 Å². The molecule has 0 bridgehead atoms. The van der Waals surface area contributed by atoms with E-state index in [0.29, 0.717) is 5.02 Å². The topological polar surface area (TPSA) is 102 Å². The number of nitrogens with zero attached hydrogens (tertiary/aromatic N) is 2. The normalized spacial score (nSPS) is 11.3. The molecule has 1 amide bonds. The van der Waals surface area contributed by atoms with Crippen molar-refractivity contribution in [2.75, 3.05) is 11.1 Å². The molecule has 0 spiro atoms. The number of sulfone groups is 1. The van der Waals surface area contributed by atoms with Crippen LogP contribution in [0.5, 0.6) is 0 Å². The van der Waals surface area contributed by atoms with Gasteiger partial charge in [-0.15, -0.1) is 5.10 Å². The summed E-state index contributed by atoms with van der Waals surface area (Å²) in [5, 5.41) is 10.5. The second-order valence-corrected chi connectivity index (χ2v) is 8.40. The summed E-state index contributed by atoms with van der Waals surface area (Å²) < 4.78 is 29.9. The van der Waals surface area contributed by atoms with E-state index >= 15 is 0 Å². The average molecular weight is 406 g/mol. The van der Waals surface area contributed by atoms with Crippen molar-refractivity contribution in [3.05, 3.63) is 59.1 Å². The fraction of sp³-hybridized carbons (Fsp3) is 0.167. The molecule has 0 aliphatic carbocycles. The zero-order valence-electron chi connectivity index (χ0n) is 14.3. The Morgan fingerprint density at radius 2 is 1.89 bits per heavy atom. The summed E-state index contributed by atoms with van der Waals surface area (Å²) in [6, 6.07) is 13.2. The van der Waals surface area contributed by atoms with E-state index in [4.69, 9.17) is 16.0 Å². The average Bonchev–Trinajstić information content (AvgIpc) is 3.09. The predicted octanol–water partition coefficient (Wildman–Crippen LogP) is 3.50. The summed E-state index contributed by atoms with van der Waals surface area (Å²) in [5.41, 5.74) is 1.76. The largest absolute Gasteiger partial charge is 0.403 e. The van der Waals surface area contributed by atoms with Crippen molar-refractivity contribution < 1.29 is 17.6 Å². The Labute approximate surface area is 161 Å². The molecule has 0 saturated heterocycles. The fourth-order valence-corrected chi connectivity index (χ4v) is 3.70. The molecule has 1 aromatic heterocycles. The third-order valence-electron chi connectivity index (χ3n) is 3.71. The SMILES string of the molecule is Cc1cccc(-c2nnc(NC(=O)CCS(=O)(=O)c3ccc(Cl)cc3)o2)c1. The molecule has 0 fully saturated rings. The molecule has 0 aliphatic heterocycles. The van der Waals surface area contributed by atoms with Gasteiger partial charge in [0, 0.05) is 17.0 Å². The highest BCUT2D eigenvalue weighted by Gasteiger charge is 2.18. The second kappa shape index (κ2) is 7.89. The van der Waals surface area contributed by atoms with Crippen molar-refractivity contribution in [1.29, 1.82) is 0 Å². The highest BCUT2D eigenvalue weighted by Crippen LogP contribution is 2.21. The lowest BCUT2D eigenvalue weighted by Crippen LogP contribution is -2.17. The number of benzene rings is 2. The summed E-state index contributed by atoms with van der Waals surface area (Å²) in [6.07, 6.45) is -0.243. The summed E-state index contributed by atoms with van der Waals surface area (Å²) in [7, 11) is -3.59. The van der Waals surface area contributed by atoms with E-state index in [-0.39, 0.29) is 29.0 Å². The Bertz CT molecular complexity index is 1060. The number of amides is 1. The molecular formula is C18H16ClN3O4S. The van der Waals surface area contributed by atoms with Crippen LogP contribution in [0.15, 0.2) is 57.8 Å². The summed E-state index contributed by atoms with van der Waals surface area (Å²) >= 11 is 5.75. The molecule has 0 unspecified atom stereocenters. The molecule has 2 aromatic carbocycles. The van der Waals surface area contributed by atoms with Crippen LogP contribution in [0.1, 0.15) is 12.0 Å². The molecule has 0 atom stereocenters. The maximum absolute atomic E-state index is 12.2. The molecule has 3 rings (SSSR count). The zero-order valence-corrected chi connectivity index (χ0v) is 15.9. The zero-order chi connectivity index (χ0) is 19.4. The van der Waals surface area contributed by atoms with Crippen molar-refractivity contribution in [3.63, 3.8) is 0 Å². The van der Waals surface area contributed by atoms with Crippen LogP contribution in [0.3, 0.4) is 0 Å². The summed E-state index contributed by atoms with van der Waals surface area (Å²) in [6.45, 7) is 1.93. The first kappa shape index (κ1) is 19.1. The van der Waals surface area contributed by atoms with Crippen LogP contribution in [-0.4, -0.2) is 30.3 Å². The van der Waals surface area contributed by atoms with E-state index in [1.165, 1.54) is 24.3 Å². The molecule has 0 aliphatic rings. The van der Waals surface area contributed by atoms with Crippen LogP contribution in [0, 0.1) is 6.92 Å².